The van der Waals surface area contributed by atoms with Gasteiger partial charge in [-0.3, -0.25) is 4.99 Å². The number of aliphatic hydroxyl groups excluding tert-OH is 1. The van der Waals surface area contributed by atoms with Crippen molar-refractivity contribution in [3.8, 4) is 0 Å². The van der Waals surface area contributed by atoms with Crippen molar-refractivity contribution >= 4 is 5.96 Å². The number of nitrogens with zero attached hydrogens (tertiary/aromatic N) is 1. The van der Waals surface area contributed by atoms with E-state index in [1.165, 1.54) is 5.56 Å². The van der Waals surface area contributed by atoms with Crippen molar-refractivity contribution in [1.82, 2.24) is 10.6 Å². The number of benzene rings is 1. The van der Waals surface area contributed by atoms with Crippen molar-refractivity contribution < 1.29 is 9.84 Å². The average Bonchev–Trinajstić information content (AvgIpc) is 2.60. The quantitative estimate of drug-likeness (QED) is 0.312. The summed E-state index contributed by atoms with van der Waals surface area (Å²) >= 11 is 0. The Morgan fingerprint density at radius 1 is 1.17 bits per heavy atom. The van der Waals surface area contributed by atoms with Crippen LogP contribution >= 0.6 is 0 Å². The second-order valence-electron chi connectivity index (χ2n) is 5.85. The van der Waals surface area contributed by atoms with Crippen LogP contribution in [0, 0.1) is 5.92 Å². The topological polar surface area (TPSA) is 65.9 Å². The predicted octanol–water partition coefficient (Wildman–Crippen LogP) is 2.56. The minimum absolute atomic E-state index is 0.234. The Bertz CT molecular complexity index is 431. The summed E-state index contributed by atoms with van der Waals surface area (Å²) in [5.41, 5.74) is 1.18. The number of rotatable bonds is 12. The molecule has 0 aliphatic carbocycles. The van der Waals surface area contributed by atoms with Gasteiger partial charge in [0.1, 0.15) is 0 Å². The van der Waals surface area contributed by atoms with E-state index in [0.29, 0.717) is 19.1 Å². The normalized spacial score (nSPS) is 12.9. The molecule has 0 aromatic heterocycles. The number of ether oxygens (including phenoxy) is 1. The summed E-state index contributed by atoms with van der Waals surface area (Å²) in [6.07, 6.45) is 3.04. The molecule has 1 aromatic rings. The molecule has 3 N–H and O–H groups in total. The van der Waals surface area contributed by atoms with E-state index in [0.717, 1.165) is 44.9 Å². The summed E-state index contributed by atoms with van der Waals surface area (Å²) < 4.78 is 5.67. The predicted molar refractivity (Wildman–Crippen MR) is 100 cm³/mol. The first-order valence-electron chi connectivity index (χ1n) is 9.04. The molecular formula is C19H33N3O2. The maximum absolute atomic E-state index is 9.13. The van der Waals surface area contributed by atoms with Gasteiger partial charge in [0.05, 0.1) is 13.2 Å². The van der Waals surface area contributed by atoms with Gasteiger partial charge in [0.25, 0.3) is 0 Å². The summed E-state index contributed by atoms with van der Waals surface area (Å²) in [4.78, 5) is 4.63. The molecular weight excluding hydrogens is 302 g/mol. The molecule has 0 saturated heterocycles. The van der Waals surface area contributed by atoms with Crippen molar-refractivity contribution in [2.24, 2.45) is 10.9 Å². The SMILES string of the molecule is CCCC(CCO)CN=C(NCC)NCCOCc1ccccc1. The van der Waals surface area contributed by atoms with E-state index < -0.39 is 0 Å². The lowest BCUT2D eigenvalue weighted by molar-refractivity contribution is 0.125. The second-order valence-corrected chi connectivity index (χ2v) is 5.85. The molecule has 0 radical (unpaired) electrons. The van der Waals surface area contributed by atoms with Crippen molar-refractivity contribution in [2.75, 3.05) is 32.8 Å². The van der Waals surface area contributed by atoms with Crippen LogP contribution in [0.3, 0.4) is 0 Å². The Kier molecular flexibility index (Phi) is 11.8. The summed E-state index contributed by atoms with van der Waals surface area (Å²) in [6.45, 7) is 8.01. The molecule has 136 valence electrons. The van der Waals surface area contributed by atoms with E-state index >= 15 is 0 Å². The molecule has 5 heteroatoms. The van der Waals surface area contributed by atoms with E-state index in [1.807, 2.05) is 18.2 Å². The van der Waals surface area contributed by atoms with E-state index in [2.05, 4.69) is 41.6 Å². The average molecular weight is 335 g/mol. The van der Waals surface area contributed by atoms with Crippen LogP contribution in [-0.2, 0) is 11.3 Å². The molecule has 0 bridgehead atoms. The molecule has 0 aliphatic heterocycles. The monoisotopic (exact) mass is 335 g/mol. The minimum atomic E-state index is 0.234. The fourth-order valence-corrected chi connectivity index (χ4v) is 2.49. The van der Waals surface area contributed by atoms with Crippen LogP contribution in [0.2, 0.25) is 0 Å². The van der Waals surface area contributed by atoms with Crippen LogP contribution in [0.1, 0.15) is 38.7 Å². The summed E-state index contributed by atoms with van der Waals surface area (Å²) in [5, 5.41) is 15.7. The Morgan fingerprint density at radius 3 is 2.62 bits per heavy atom. The molecule has 5 nitrogen and oxygen atoms in total. The molecule has 0 aliphatic rings. The van der Waals surface area contributed by atoms with Gasteiger partial charge in [0.15, 0.2) is 5.96 Å². The van der Waals surface area contributed by atoms with Crippen LogP contribution in [0.4, 0.5) is 0 Å². The molecule has 24 heavy (non-hydrogen) atoms. The fraction of sp³-hybridized carbons (Fsp3) is 0.632. The zero-order valence-corrected chi connectivity index (χ0v) is 15.1. The number of nitrogens with one attached hydrogen (secondary N) is 2. The third kappa shape index (κ3) is 9.53. The highest BCUT2D eigenvalue weighted by atomic mass is 16.5. The molecule has 0 amide bonds. The van der Waals surface area contributed by atoms with Gasteiger partial charge < -0.3 is 20.5 Å². The third-order valence-corrected chi connectivity index (χ3v) is 3.74. The van der Waals surface area contributed by atoms with Gasteiger partial charge in [-0.25, -0.2) is 0 Å². The zero-order valence-electron chi connectivity index (χ0n) is 15.1. The number of guanidine groups is 1. The Morgan fingerprint density at radius 2 is 1.96 bits per heavy atom. The van der Waals surface area contributed by atoms with E-state index in [9.17, 15) is 0 Å². The van der Waals surface area contributed by atoms with Crippen LogP contribution in [0.15, 0.2) is 35.3 Å². The largest absolute Gasteiger partial charge is 0.396 e. The highest BCUT2D eigenvalue weighted by Gasteiger charge is 2.07. The summed E-state index contributed by atoms with van der Waals surface area (Å²) in [5.74, 6) is 1.27. The Labute approximate surface area is 146 Å². The lowest BCUT2D eigenvalue weighted by Gasteiger charge is -2.15. The van der Waals surface area contributed by atoms with Crippen LogP contribution in [0.25, 0.3) is 0 Å². The number of hydrogen-bond donors (Lipinski definition) is 3. The summed E-state index contributed by atoms with van der Waals surface area (Å²) in [6, 6.07) is 10.2. The van der Waals surface area contributed by atoms with E-state index in [1.54, 1.807) is 0 Å². The molecule has 0 spiro atoms. The molecule has 0 fully saturated rings. The molecule has 1 aromatic carbocycles. The van der Waals surface area contributed by atoms with E-state index in [-0.39, 0.29) is 6.61 Å². The van der Waals surface area contributed by atoms with Crippen LogP contribution < -0.4 is 10.6 Å². The van der Waals surface area contributed by atoms with Crippen molar-refractivity contribution in [3.05, 3.63) is 35.9 Å². The lowest BCUT2D eigenvalue weighted by atomic mass is 10.0. The van der Waals surface area contributed by atoms with Gasteiger partial charge in [-0.15, -0.1) is 0 Å². The molecule has 0 saturated carbocycles. The number of aliphatic hydroxyl groups is 1. The maximum atomic E-state index is 9.13. The van der Waals surface area contributed by atoms with Gasteiger partial charge in [0.2, 0.25) is 0 Å². The highest BCUT2D eigenvalue weighted by molar-refractivity contribution is 5.79. The van der Waals surface area contributed by atoms with Crippen LogP contribution in [0.5, 0.6) is 0 Å². The van der Waals surface area contributed by atoms with Gasteiger partial charge >= 0.3 is 0 Å². The molecule has 0 heterocycles. The van der Waals surface area contributed by atoms with Gasteiger partial charge in [0, 0.05) is 26.2 Å². The van der Waals surface area contributed by atoms with Crippen LogP contribution in [-0.4, -0.2) is 43.9 Å². The second kappa shape index (κ2) is 13.8. The van der Waals surface area contributed by atoms with Gasteiger partial charge in [-0.2, -0.15) is 0 Å². The smallest absolute Gasteiger partial charge is 0.191 e. The fourth-order valence-electron chi connectivity index (χ4n) is 2.49. The first kappa shape index (κ1) is 20.5. The molecule has 1 rings (SSSR count). The van der Waals surface area contributed by atoms with Crippen molar-refractivity contribution in [3.63, 3.8) is 0 Å². The Balaban J connectivity index is 2.29. The lowest BCUT2D eigenvalue weighted by Crippen LogP contribution is -2.39. The van der Waals surface area contributed by atoms with Crippen molar-refractivity contribution in [2.45, 2.75) is 39.7 Å². The molecule has 1 unspecified atom stereocenters. The first-order chi connectivity index (χ1) is 11.8. The van der Waals surface area contributed by atoms with E-state index in [4.69, 9.17) is 9.84 Å². The first-order valence-corrected chi connectivity index (χ1v) is 9.04. The number of hydrogen-bond acceptors (Lipinski definition) is 3. The Hall–Kier alpha value is -1.59. The minimum Gasteiger partial charge on any atom is -0.396 e. The highest BCUT2D eigenvalue weighted by Crippen LogP contribution is 2.10. The number of aliphatic imine (C=N–C) groups is 1. The third-order valence-electron chi connectivity index (χ3n) is 3.74. The zero-order chi connectivity index (χ0) is 17.5. The standard InChI is InChI=1S/C19H33N3O2/c1-3-8-17(11-13-23)15-22-19(20-4-2)21-12-14-24-16-18-9-6-5-7-10-18/h5-7,9-10,17,23H,3-4,8,11-16H2,1-2H3,(H2,20,21,22). The summed E-state index contributed by atoms with van der Waals surface area (Å²) in [7, 11) is 0. The van der Waals surface area contributed by atoms with Gasteiger partial charge in [-0.1, -0.05) is 43.7 Å². The van der Waals surface area contributed by atoms with Crippen molar-refractivity contribution in [1.29, 1.82) is 0 Å². The maximum Gasteiger partial charge on any atom is 0.191 e. The molecule has 1 atom stereocenters. The van der Waals surface area contributed by atoms with Gasteiger partial charge in [-0.05, 0) is 31.2 Å².